The van der Waals surface area contributed by atoms with Crippen molar-refractivity contribution >= 4 is 12.0 Å². The van der Waals surface area contributed by atoms with Gasteiger partial charge < -0.3 is 14.4 Å². The smallest absolute Gasteiger partial charge is 0.157 e. The van der Waals surface area contributed by atoms with Crippen LogP contribution in [0.1, 0.15) is 10.4 Å². The van der Waals surface area contributed by atoms with Gasteiger partial charge in [0.25, 0.3) is 0 Å². The summed E-state index contributed by atoms with van der Waals surface area (Å²) in [7, 11) is 6.88. The van der Waals surface area contributed by atoms with Crippen molar-refractivity contribution in [2.45, 2.75) is 0 Å². The third-order valence-corrected chi connectivity index (χ3v) is 2.16. The fourth-order valence-corrected chi connectivity index (χ4v) is 1.30. The van der Waals surface area contributed by atoms with Gasteiger partial charge in [0.1, 0.15) is 11.5 Å². The van der Waals surface area contributed by atoms with E-state index < -0.39 is 0 Å². The first kappa shape index (κ1) is 11.4. The second-order valence-corrected chi connectivity index (χ2v) is 3.28. The maximum absolute atomic E-state index is 10.9. The van der Waals surface area contributed by atoms with E-state index in [1.54, 1.807) is 12.1 Å². The average Bonchev–Trinajstić information content (AvgIpc) is 2.26. The van der Waals surface area contributed by atoms with Gasteiger partial charge in [0.15, 0.2) is 6.29 Å². The monoisotopic (exact) mass is 209 g/mol. The van der Waals surface area contributed by atoms with Gasteiger partial charge in [0.2, 0.25) is 0 Å². The van der Waals surface area contributed by atoms with Crippen LogP contribution in [0, 0.1) is 0 Å². The Kier molecular flexibility index (Phi) is 3.55. The second kappa shape index (κ2) is 4.68. The fourth-order valence-electron chi connectivity index (χ4n) is 1.30. The number of hydrogen-bond acceptors (Lipinski definition) is 4. The van der Waals surface area contributed by atoms with Crippen LogP contribution in [0.4, 0.5) is 5.69 Å². The molecule has 0 aliphatic carbocycles. The van der Waals surface area contributed by atoms with Crippen LogP contribution in [-0.2, 0) is 0 Å². The minimum Gasteiger partial charge on any atom is -0.496 e. The molecular formula is C11H15NO3. The lowest BCUT2D eigenvalue weighted by Crippen LogP contribution is -2.09. The van der Waals surface area contributed by atoms with Crippen LogP contribution >= 0.6 is 0 Å². The molecule has 0 unspecified atom stereocenters. The number of anilines is 1. The summed E-state index contributed by atoms with van der Waals surface area (Å²) in [6.45, 7) is 0. The first-order valence-electron chi connectivity index (χ1n) is 4.52. The van der Waals surface area contributed by atoms with Crippen molar-refractivity contribution in [3.05, 3.63) is 17.7 Å². The van der Waals surface area contributed by atoms with Crippen LogP contribution in [0.15, 0.2) is 12.1 Å². The maximum atomic E-state index is 10.9. The zero-order valence-corrected chi connectivity index (χ0v) is 9.40. The van der Waals surface area contributed by atoms with E-state index in [-0.39, 0.29) is 0 Å². The number of carbonyl (C=O) groups excluding carboxylic acids is 1. The largest absolute Gasteiger partial charge is 0.496 e. The molecule has 0 spiro atoms. The normalized spacial score (nSPS) is 9.60. The van der Waals surface area contributed by atoms with Gasteiger partial charge in [-0.3, -0.25) is 4.79 Å². The first-order valence-corrected chi connectivity index (χ1v) is 4.52. The molecule has 4 nitrogen and oxygen atoms in total. The van der Waals surface area contributed by atoms with Crippen LogP contribution in [0.25, 0.3) is 0 Å². The topological polar surface area (TPSA) is 38.8 Å². The van der Waals surface area contributed by atoms with E-state index in [9.17, 15) is 4.79 Å². The molecule has 1 aromatic carbocycles. The molecule has 0 fully saturated rings. The summed E-state index contributed by atoms with van der Waals surface area (Å²) in [5.74, 6) is 1.04. The summed E-state index contributed by atoms with van der Waals surface area (Å²) < 4.78 is 10.3. The lowest BCUT2D eigenvalue weighted by Gasteiger charge is -2.16. The van der Waals surface area contributed by atoms with Crippen molar-refractivity contribution in [2.75, 3.05) is 33.2 Å². The second-order valence-electron chi connectivity index (χ2n) is 3.28. The molecule has 0 amide bonds. The lowest BCUT2D eigenvalue weighted by molar-refractivity contribution is 0.111. The third kappa shape index (κ3) is 2.21. The standard InChI is InChI=1S/C11H15NO3/c1-12(2)8-5-10(14-3)9(7-13)11(6-8)15-4/h5-7H,1-4H3. The molecule has 0 aliphatic heterocycles. The van der Waals surface area contributed by atoms with E-state index in [4.69, 9.17) is 9.47 Å². The number of hydrogen-bond donors (Lipinski definition) is 0. The maximum Gasteiger partial charge on any atom is 0.157 e. The van der Waals surface area contributed by atoms with Crippen molar-refractivity contribution in [3.8, 4) is 11.5 Å². The highest BCUT2D eigenvalue weighted by Crippen LogP contribution is 2.32. The molecule has 0 saturated carbocycles. The first-order chi connectivity index (χ1) is 7.13. The highest BCUT2D eigenvalue weighted by Gasteiger charge is 2.12. The van der Waals surface area contributed by atoms with E-state index in [0.717, 1.165) is 12.0 Å². The van der Waals surface area contributed by atoms with E-state index >= 15 is 0 Å². The summed E-state index contributed by atoms with van der Waals surface area (Å²) in [6.07, 6.45) is 0.733. The summed E-state index contributed by atoms with van der Waals surface area (Å²) >= 11 is 0. The Balaban J connectivity index is 3.35. The molecule has 0 N–H and O–H groups in total. The number of carbonyl (C=O) groups is 1. The van der Waals surface area contributed by atoms with Crippen molar-refractivity contribution < 1.29 is 14.3 Å². The summed E-state index contributed by atoms with van der Waals surface area (Å²) in [6, 6.07) is 3.60. The predicted molar refractivity (Wildman–Crippen MR) is 59.3 cm³/mol. The van der Waals surface area contributed by atoms with Gasteiger partial charge in [0.05, 0.1) is 19.8 Å². The zero-order valence-electron chi connectivity index (χ0n) is 9.40. The van der Waals surface area contributed by atoms with Crippen molar-refractivity contribution in [1.82, 2.24) is 0 Å². The van der Waals surface area contributed by atoms with Crippen LogP contribution in [-0.4, -0.2) is 34.6 Å². The number of rotatable bonds is 4. The van der Waals surface area contributed by atoms with Gasteiger partial charge in [-0.15, -0.1) is 0 Å². The van der Waals surface area contributed by atoms with Crippen molar-refractivity contribution in [1.29, 1.82) is 0 Å². The van der Waals surface area contributed by atoms with Gasteiger partial charge in [-0.25, -0.2) is 0 Å². The molecule has 1 rings (SSSR count). The predicted octanol–water partition coefficient (Wildman–Crippen LogP) is 1.58. The average molecular weight is 209 g/mol. The van der Waals surface area contributed by atoms with E-state index in [2.05, 4.69) is 0 Å². The minimum atomic E-state index is 0.436. The van der Waals surface area contributed by atoms with E-state index in [1.807, 2.05) is 19.0 Å². The van der Waals surface area contributed by atoms with Crippen LogP contribution in [0.2, 0.25) is 0 Å². The molecule has 15 heavy (non-hydrogen) atoms. The Hall–Kier alpha value is -1.71. The Labute approximate surface area is 89.4 Å². The molecule has 0 heterocycles. The lowest BCUT2D eigenvalue weighted by atomic mass is 10.1. The fraction of sp³-hybridized carbons (Fsp3) is 0.364. The molecule has 0 bridgehead atoms. The molecule has 4 heteroatoms. The van der Waals surface area contributed by atoms with Gasteiger partial charge in [-0.05, 0) is 0 Å². The number of benzene rings is 1. The molecule has 0 radical (unpaired) electrons. The third-order valence-electron chi connectivity index (χ3n) is 2.16. The molecular weight excluding hydrogens is 194 g/mol. The molecule has 1 aromatic rings. The van der Waals surface area contributed by atoms with Gasteiger partial charge in [-0.2, -0.15) is 0 Å². The number of aldehydes is 1. The van der Waals surface area contributed by atoms with Crippen molar-refractivity contribution in [2.24, 2.45) is 0 Å². The summed E-state index contributed by atoms with van der Waals surface area (Å²) in [4.78, 5) is 12.8. The molecule has 82 valence electrons. The molecule has 0 aromatic heterocycles. The minimum absolute atomic E-state index is 0.436. The quantitative estimate of drug-likeness (QED) is 0.706. The highest BCUT2D eigenvalue weighted by molar-refractivity contribution is 5.85. The zero-order chi connectivity index (χ0) is 11.4. The molecule has 0 atom stereocenters. The van der Waals surface area contributed by atoms with Gasteiger partial charge in [0, 0.05) is 31.9 Å². The summed E-state index contributed by atoms with van der Waals surface area (Å²) in [5.41, 5.74) is 1.36. The molecule has 0 aliphatic rings. The van der Waals surface area contributed by atoms with Crippen LogP contribution < -0.4 is 14.4 Å². The molecule has 0 saturated heterocycles. The number of ether oxygens (including phenoxy) is 2. The number of nitrogens with zero attached hydrogens (tertiary/aromatic N) is 1. The number of methoxy groups -OCH3 is 2. The Bertz CT molecular complexity index is 336. The van der Waals surface area contributed by atoms with Crippen molar-refractivity contribution in [3.63, 3.8) is 0 Å². The Morgan fingerprint density at radius 1 is 1.13 bits per heavy atom. The van der Waals surface area contributed by atoms with Gasteiger partial charge >= 0.3 is 0 Å². The van der Waals surface area contributed by atoms with Gasteiger partial charge in [-0.1, -0.05) is 0 Å². The Morgan fingerprint density at radius 2 is 1.60 bits per heavy atom. The SMILES string of the molecule is COc1cc(N(C)C)cc(OC)c1C=O. The van der Waals surface area contributed by atoms with Crippen LogP contribution in [0.3, 0.4) is 0 Å². The summed E-state index contributed by atoms with van der Waals surface area (Å²) in [5, 5.41) is 0. The van der Waals surface area contributed by atoms with E-state index in [0.29, 0.717) is 17.1 Å². The van der Waals surface area contributed by atoms with Crippen LogP contribution in [0.5, 0.6) is 11.5 Å². The van der Waals surface area contributed by atoms with E-state index in [1.165, 1.54) is 14.2 Å². The highest BCUT2D eigenvalue weighted by atomic mass is 16.5. The Morgan fingerprint density at radius 3 is 1.87 bits per heavy atom.